The summed E-state index contributed by atoms with van der Waals surface area (Å²) >= 11 is 0. The molecule has 0 aromatic rings. The molecule has 0 saturated heterocycles. The SMILES string of the molecule is C1=CC2=CCC3=C2C(C1)CC=C3. The van der Waals surface area contributed by atoms with E-state index in [2.05, 4.69) is 30.4 Å². The molecule has 60 valence electrons. The summed E-state index contributed by atoms with van der Waals surface area (Å²) < 4.78 is 0. The number of allylic oxidation sites excluding steroid dienone is 8. The van der Waals surface area contributed by atoms with Crippen LogP contribution in [0.4, 0.5) is 0 Å². The van der Waals surface area contributed by atoms with Crippen molar-refractivity contribution in [1.29, 1.82) is 0 Å². The summed E-state index contributed by atoms with van der Waals surface area (Å²) in [5, 5.41) is 0. The zero-order chi connectivity index (χ0) is 7.97. The van der Waals surface area contributed by atoms with Gasteiger partial charge in [-0.2, -0.15) is 0 Å². The van der Waals surface area contributed by atoms with E-state index in [0.717, 1.165) is 5.92 Å². The second-order valence-electron chi connectivity index (χ2n) is 3.78. The minimum Gasteiger partial charge on any atom is -0.0836 e. The Kier molecular flexibility index (Phi) is 1.20. The van der Waals surface area contributed by atoms with E-state index in [9.17, 15) is 0 Å². The zero-order valence-corrected chi connectivity index (χ0v) is 7.09. The fourth-order valence-electron chi connectivity index (χ4n) is 2.50. The summed E-state index contributed by atoms with van der Waals surface area (Å²) in [7, 11) is 0. The average molecular weight is 156 g/mol. The molecular weight excluding hydrogens is 144 g/mol. The quantitative estimate of drug-likeness (QED) is 0.505. The van der Waals surface area contributed by atoms with Crippen molar-refractivity contribution in [3.63, 3.8) is 0 Å². The maximum absolute atomic E-state index is 2.36. The Morgan fingerprint density at radius 3 is 2.83 bits per heavy atom. The van der Waals surface area contributed by atoms with Gasteiger partial charge in [-0.15, -0.1) is 0 Å². The molecule has 1 atom stereocenters. The monoisotopic (exact) mass is 156 g/mol. The van der Waals surface area contributed by atoms with E-state index in [1.165, 1.54) is 24.8 Å². The van der Waals surface area contributed by atoms with E-state index in [0.29, 0.717) is 0 Å². The van der Waals surface area contributed by atoms with Gasteiger partial charge in [-0.25, -0.2) is 0 Å². The molecule has 0 nitrogen and oxygen atoms in total. The predicted octanol–water partition coefficient (Wildman–Crippen LogP) is 3.15. The zero-order valence-electron chi connectivity index (χ0n) is 7.09. The van der Waals surface area contributed by atoms with Gasteiger partial charge in [-0.3, -0.25) is 0 Å². The van der Waals surface area contributed by atoms with Crippen molar-refractivity contribution >= 4 is 0 Å². The van der Waals surface area contributed by atoms with Crippen LogP contribution in [0.5, 0.6) is 0 Å². The Balaban J connectivity index is 2.18. The Morgan fingerprint density at radius 2 is 1.92 bits per heavy atom. The van der Waals surface area contributed by atoms with Gasteiger partial charge in [0.2, 0.25) is 0 Å². The van der Waals surface area contributed by atoms with E-state index in [4.69, 9.17) is 0 Å². The highest BCUT2D eigenvalue weighted by molar-refractivity contribution is 5.56. The summed E-state index contributed by atoms with van der Waals surface area (Å²) in [5.41, 5.74) is 4.73. The van der Waals surface area contributed by atoms with Crippen molar-refractivity contribution < 1.29 is 0 Å². The second-order valence-corrected chi connectivity index (χ2v) is 3.78. The van der Waals surface area contributed by atoms with E-state index < -0.39 is 0 Å². The summed E-state index contributed by atoms with van der Waals surface area (Å²) in [6.45, 7) is 0. The van der Waals surface area contributed by atoms with Crippen LogP contribution in [-0.2, 0) is 0 Å². The van der Waals surface area contributed by atoms with E-state index in [1.807, 2.05) is 0 Å². The molecule has 0 saturated carbocycles. The van der Waals surface area contributed by atoms with Gasteiger partial charge >= 0.3 is 0 Å². The molecule has 0 aliphatic heterocycles. The largest absolute Gasteiger partial charge is 0.0836 e. The van der Waals surface area contributed by atoms with Crippen LogP contribution in [0, 0.1) is 5.92 Å². The Morgan fingerprint density at radius 1 is 1.08 bits per heavy atom. The minimum absolute atomic E-state index is 0.809. The molecule has 3 aliphatic carbocycles. The third kappa shape index (κ3) is 0.726. The number of rotatable bonds is 0. The second kappa shape index (κ2) is 2.22. The molecule has 0 spiro atoms. The molecule has 0 aromatic carbocycles. The topological polar surface area (TPSA) is 0 Å². The van der Waals surface area contributed by atoms with Crippen LogP contribution in [0.2, 0.25) is 0 Å². The highest BCUT2D eigenvalue weighted by Crippen LogP contribution is 2.42. The summed E-state index contributed by atoms with van der Waals surface area (Å²) in [5.74, 6) is 0.809. The third-order valence-electron chi connectivity index (χ3n) is 3.06. The Bertz CT molecular complexity index is 337. The Hall–Kier alpha value is -1.04. The molecule has 0 heterocycles. The number of hydrogen-bond acceptors (Lipinski definition) is 0. The van der Waals surface area contributed by atoms with Crippen LogP contribution in [0.1, 0.15) is 19.3 Å². The fourth-order valence-corrected chi connectivity index (χ4v) is 2.50. The van der Waals surface area contributed by atoms with Gasteiger partial charge in [0.25, 0.3) is 0 Å². The third-order valence-corrected chi connectivity index (χ3v) is 3.06. The number of hydrogen-bond donors (Lipinski definition) is 0. The van der Waals surface area contributed by atoms with Crippen molar-refractivity contribution in [1.82, 2.24) is 0 Å². The van der Waals surface area contributed by atoms with Crippen molar-refractivity contribution in [3.8, 4) is 0 Å². The standard InChI is InChI=1S/C12H12/c1-3-9-4-2-6-11-8-7-10(5-1)12(9)11/h1-2,5-7,9H,3-4,8H2. The highest BCUT2D eigenvalue weighted by Gasteiger charge is 2.26. The smallest absolute Gasteiger partial charge is 0.00839 e. The lowest BCUT2D eigenvalue weighted by molar-refractivity contribution is 0.622. The lowest BCUT2D eigenvalue weighted by Crippen LogP contribution is -2.10. The molecule has 1 unspecified atom stereocenters. The van der Waals surface area contributed by atoms with Crippen molar-refractivity contribution in [3.05, 3.63) is 47.1 Å². The maximum atomic E-state index is 2.36. The molecule has 3 aliphatic rings. The average Bonchev–Trinajstić information content (AvgIpc) is 2.52. The lowest BCUT2D eigenvalue weighted by atomic mass is 9.80. The molecule has 0 radical (unpaired) electrons. The lowest BCUT2D eigenvalue weighted by Gasteiger charge is -2.24. The highest BCUT2D eigenvalue weighted by atomic mass is 14.3. The van der Waals surface area contributed by atoms with Crippen molar-refractivity contribution in [2.75, 3.05) is 0 Å². The molecule has 3 rings (SSSR count). The van der Waals surface area contributed by atoms with Crippen LogP contribution in [-0.4, -0.2) is 0 Å². The van der Waals surface area contributed by atoms with Gasteiger partial charge in [0.05, 0.1) is 0 Å². The van der Waals surface area contributed by atoms with Gasteiger partial charge in [0.15, 0.2) is 0 Å². The molecule has 12 heavy (non-hydrogen) atoms. The first kappa shape index (κ1) is 6.47. The van der Waals surface area contributed by atoms with Crippen LogP contribution >= 0.6 is 0 Å². The van der Waals surface area contributed by atoms with Crippen LogP contribution in [0.3, 0.4) is 0 Å². The van der Waals surface area contributed by atoms with Gasteiger partial charge in [-0.05, 0) is 41.9 Å². The van der Waals surface area contributed by atoms with Crippen molar-refractivity contribution in [2.45, 2.75) is 19.3 Å². The summed E-state index contributed by atoms with van der Waals surface area (Å²) in [6.07, 6.45) is 15.3. The maximum Gasteiger partial charge on any atom is -0.00839 e. The minimum atomic E-state index is 0.809. The molecule has 0 fully saturated rings. The molecule has 0 amide bonds. The van der Waals surface area contributed by atoms with E-state index in [1.54, 1.807) is 11.1 Å². The van der Waals surface area contributed by atoms with Gasteiger partial charge in [0, 0.05) is 0 Å². The molecule has 0 heteroatoms. The van der Waals surface area contributed by atoms with Crippen LogP contribution < -0.4 is 0 Å². The molecule has 0 bridgehead atoms. The molecule has 0 aromatic heterocycles. The summed E-state index contributed by atoms with van der Waals surface area (Å²) in [4.78, 5) is 0. The van der Waals surface area contributed by atoms with E-state index in [-0.39, 0.29) is 0 Å². The normalized spacial score (nSPS) is 30.7. The van der Waals surface area contributed by atoms with Gasteiger partial charge < -0.3 is 0 Å². The first-order chi connectivity index (χ1) is 5.95. The molecular formula is C12H12. The van der Waals surface area contributed by atoms with Gasteiger partial charge in [0.1, 0.15) is 0 Å². The molecule has 0 N–H and O–H groups in total. The summed E-state index contributed by atoms with van der Waals surface area (Å²) in [6, 6.07) is 0. The predicted molar refractivity (Wildman–Crippen MR) is 50.7 cm³/mol. The van der Waals surface area contributed by atoms with Crippen LogP contribution in [0.15, 0.2) is 47.1 Å². The fraction of sp³-hybridized carbons (Fsp3) is 0.333. The Labute approximate surface area is 73.0 Å². The van der Waals surface area contributed by atoms with Crippen molar-refractivity contribution in [2.24, 2.45) is 5.92 Å². The first-order valence-electron chi connectivity index (χ1n) is 4.72. The first-order valence-corrected chi connectivity index (χ1v) is 4.72. The van der Waals surface area contributed by atoms with E-state index >= 15 is 0 Å². The van der Waals surface area contributed by atoms with Gasteiger partial charge in [-0.1, -0.05) is 30.4 Å². The van der Waals surface area contributed by atoms with Crippen LogP contribution in [0.25, 0.3) is 0 Å².